The summed E-state index contributed by atoms with van der Waals surface area (Å²) < 4.78 is 6.68. The van der Waals surface area contributed by atoms with E-state index in [0.717, 1.165) is 10.0 Å². The largest absolute Gasteiger partial charge is 0.450 e. The molecule has 0 saturated heterocycles. The first-order valence-corrected chi connectivity index (χ1v) is 10.9. The van der Waals surface area contributed by atoms with Crippen molar-refractivity contribution in [1.82, 2.24) is 4.98 Å². The predicted octanol–water partition coefficient (Wildman–Crippen LogP) is 6.32. The number of anilines is 1. The van der Waals surface area contributed by atoms with Gasteiger partial charge in [0.1, 0.15) is 11.4 Å². The summed E-state index contributed by atoms with van der Waals surface area (Å²) in [6, 6.07) is 13.0. The number of amides is 1. The molecule has 0 aliphatic carbocycles. The third-order valence-electron chi connectivity index (χ3n) is 5.24. The highest BCUT2D eigenvalue weighted by molar-refractivity contribution is 9.10. The van der Waals surface area contributed by atoms with Crippen LogP contribution in [0.3, 0.4) is 0 Å². The highest BCUT2D eigenvalue weighted by atomic mass is 79.9. The number of carbonyl (C=O) groups is 1. The highest BCUT2D eigenvalue weighted by Gasteiger charge is 2.44. The second kappa shape index (κ2) is 7.48. The number of rotatable bonds is 2. The fourth-order valence-corrected chi connectivity index (χ4v) is 4.50. The van der Waals surface area contributed by atoms with E-state index < -0.39 is 11.9 Å². The molecule has 1 unspecified atom stereocenters. The predicted molar refractivity (Wildman–Crippen MR) is 124 cm³/mol. The zero-order chi connectivity index (χ0) is 21.9. The lowest BCUT2D eigenvalue weighted by Gasteiger charge is -2.24. The van der Waals surface area contributed by atoms with E-state index in [2.05, 4.69) is 20.9 Å². The molecule has 0 fully saturated rings. The maximum Gasteiger partial charge on any atom is 0.296 e. The number of carbonyl (C=O) groups excluding carboxylic acids is 1. The summed E-state index contributed by atoms with van der Waals surface area (Å²) in [5.41, 5.74) is 1.86. The number of pyridine rings is 1. The van der Waals surface area contributed by atoms with Gasteiger partial charge in [-0.15, -0.1) is 0 Å². The maximum atomic E-state index is 13.6. The average Bonchev–Trinajstić information content (AvgIpc) is 3.03. The van der Waals surface area contributed by atoms with Crippen molar-refractivity contribution in [3.8, 4) is 0 Å². The van der Waals surface area contributed by atoms with Gasteiger partial charge in [-0.2, -0.15) is 0 Å². The molecule has 154 valence electrons. The van der Waals surface area contributed by atoms with E-state index in [-0.39, 0.29) is 16.8 Å². The van der Waals surface area contributed by atoms with Gasteiger partial charge >= 0.3 is 0 Å². The summed E-state index contributed by atoms with van der Waals surface area (Å²) in [5, 5.41) is 1.08. The average molecular weight is 516 g/mol. The van der Waals surface area contributed by atoms with Crippen LogP contribution >= 0.6 is 39.1 Å². The van der Waals surface area contributed by atoms with Crippen LogP contribution in [0.5, 0.6) is 0 Å². The molecule has 3 heterocycles. The number of halogens is 3. The smallest absolute Gasteiger partial charge is 0.296 e. The van der Waals surface area contributed by atoms with Crippen molar-refractivity contribution in [1.29, 1.82) is 0 Å². The minimum Gasteiger partial charge on any atom is -0.450 e. The van der Waals surface area contributed by atoms with Gasteiger partial charge in [-0.25, -0.2) is 4.98 Å². The number of aryl methyl sites for hydroxylation is 1. The number of hydrogen-bond acceptors (Lipinski definition) is 4. The zero-order valence-corrected chi connectivity index (χ0v) is 19.1. The van der Waals surface area contributed by atoms with Gasteiger partial charge in [-0.05, 0) is 60.5 Å². The normalized spacial score (nSPS) is 15.5. The summed E-state index contributed by atoms with van der Waals surface area (Å²) in [7, 11) is 0. The zero-order valence-electron chi connectivity index (χ0n) is 16.0. The molecule has 0 N–H and O–H groups in total. The Morgan fingerprint density at radius 1 is 1.03 bits per heavy atom. The summed E-state index contributed by atoms with van der Waals surface area (Å²) in [4.78, 5) is 32.9. The van der Waals surface area contributed by atoms with Crippen molar-refractivity contribution in [2.45, 2.75) is 13.0 Å². The topological polar surface area (TPSA) is 63.4 Å². The first kappa shape index (κ1) is 20.2. The molecule has 1 amide bonds. The number of aromatic nitrogens is 1. The number of nitrogens with zero attached hydrogens (tertiary/aromatic N) is 2. The van der Waals surface area contributed by atoms with Gasteiger partial charge in [0.25, 0.3) is 5.91 Å². The van der Waals surface area contributed by atoms with Crippen molar-refractivity contribution in [2.24, 2.45) is 0 Å². The van der Waals surface area contributed by atoms with Crippen LogP contribution in [-0.4, -0.2) is 10.9 Å². The molecule has 2 aromatic carbocycles. The molecule has 4 aromatic rings. The van der Waals surface area contributed by atoms with E-state index in [4.69, 9.17) is 27.6 Å². The Morgan fingerprint density at radius 2 is 1.84 bits per heavy atom. The Kier molecular flexibility index (Phi) is 4.88. The van der Waals surface area contributed by atoms with Gasteiger partial charge in [0, 0.05) is 10.7 Å². The Hall–Kier alpha value is -2.67. The summed E-state index contributed by atoms with van der Waals surface area (Å²) in [6.07, 6.45) is 1.62. The molecular weight excluding hydrogens is 503 g/mol. The third-order valence-corrected chi connectivity index (χ3v) is 6.47. The van der Waals surface area contributed by atoms with Crippen molar-refractivity contribution in [3.63, 3.8) is 0 Å². The maximum absolute atomic E-state index is 13.6. The Labute approximate surface area is 195 Å². The van der Waals surface area contributed by atoms with Crippen molar-refractivity contribution in [3.05, 3.63) is 102 Å². The molecule has 5 rings (SSSR count). The van der Waals surface area contributed by atoms with Crippen LogP contribution < -0.4 is 10.3 Å². The molecule has 0 bridgehead atoms. The van der Waals surface area contributed by atoms with E-state index in [9.17, 15) is 9.59 Å². The van der Waals surface area contributed by atoms with Gasteiger partial charge in [-0.1, -0.05) is 45.2 Å². The molecule has 5 nitrogen and oxygen atoms in total. The highest BCUT2D eigenvalue weighted by Crippen LogP contribution is 2.42. The molecule has 0 saturated carbocycles. The molecule has 1 aliphatic rings. The van der Waals surface area contributed by atoms with Crippen LogP contribution in [0.1, 0.15) is 33.3 Å². The Morgan fingerprint density at radius 3 is 2.58 bits per heavy atom. The summed E-state index contributed by atoms with van der Waals surface area (Å²) in [6.45, 7) is 1.91. The number of hydrogen-bond donors (Lipinski definition) is 0. The number of benzene rings is 2. The molecular formula is C23H13BrCl2N2O3. The SMILES string of the molecule is Cc1ccnc(N2C(=O)c3oc4ccc(Br)cc4c(=O)c3C2c2ccc(Cl)c(Cl)c2)c1. The lowest BCUT2D eigenvalue weighted by molar-refractivity contribution is 0.0970. The second-order valence-corrected chi connectivity index (χ2v) is 8.99. The Bertz CT molecular complexity index is 1450. The van der Waals surface area contributed by atoms with E-state index in [0.29, 0.717) is 32.4 Å². The van der Waals surface area contributed by atoms with Crippen LogP contribution in [0.4, 0.5) is 5.82 Å². The van der Waals surface area contributed by atoms with E-state index in [1.54, 1.807) is 48.7 Å². The minimum atomic E-state index is -0.758. The van der Waals surface area contributed by atoms with Gasteiger partial charge in [0.15, 0.2) is 5.43 Å². The van der Waals surface area contributed by atoms with Crippen molar-refractivity contribution in [2.75, 3.05) is 4.90 Å². The minimum absolute atomic E-state index is 0.000740. The molecule has 0 spiro atoms. The molecule has 31 heavy (non-hydrogen) atoms. The summed E-state index contributed by atoms with van der Waals surface area (Å²) in [5.74, 6) is -0.0256. The summed E-state index contributed by atoms with van der Waals surface area (Å²) >= 11 is 15.8. The van der Waals surface area contributed by atoms with Crippen LogP contribution in [-0.2, 0) is 0 Å². The number of fused-ring (bicyclic) bond motifs is 2. The quantitative estimate of drug-likeness (QED) is 0.313. The van der Waals surface area contributed by atoms with Gasteiger partial charge in [0.2, 0.25) is 5.76 Å². The van der Waals surface area contributed by atoms with Crippen LogP contribution in [0.2, 0.25) is 10.0 Å². The monoisotopic (exact) mass is 514 g/mol. The van der Waals surface area contributed by atoms with Gasteiger partial charge in [0.05, 0.1) is 27.0 Å². The third kappa shape index (κ3) is 3.26. The molecule has 1 aliphatic heterocycles. The first-order valence-electron chi connectivity index (χ1n) is 9.32. The standard InChI is InChI=1S/C23H13BrCl2N2O3/c1-11-6-7-27-18(8-11)28-20(12-2-4-15(25)16(26)9-12)19-21(29)14-10-13(24)3-5-17(14)31-22(19)23(28)30/h2-10,20H,1H3. The molecule has 1 atom stereocenters. The van der Waals surface area contributed by atoms with Crippen molar-refractivity contribution < 1.29 is 9.21 Å². The van der Waals surface area contributed by atoms with E-state index in [1.807, 2.05) is 13.0 Å². The van der Waals surface area contributed by atoms with Crippen LogP contribution in [0.15, 0.2) is 68.4 Å². The lowest BCUT2D eigenvalue weighted by Crippen LogP contribution is -2.30. The van der Waals surface area contributed by atoms with Crippen LogP contribution in [0, 0.1) is 6.92 Å². The first-order chi connectivity index (χ1) is 14.8. The van der Waals surface area contributed by atoms with E-state index >= 15 is 0 Å². The Balaban J connectivity index is 1.84. The fourth-order valence-electron chi connectivity index (χ4n) is 3.83. The van der Waals surface area contributed by atoms with Gasteiger partial charge < -0.3 is 4.42 Å². The molecule has 0 radical (unpaired) electrons. The fraction of sp³-hybridized carbons (Fsp3) is 0.0870. The second-order valence-electron chi connectivity index (χ2n) is 7.26. The lowest BCUT2D eigenvalue weighted by atomic mass is 9.98. The molecule has 2 aromatic heterocycles. The molecule has 8 heteroatoms. The van der Waals surface area contributed by atoms with Crippen LogP contribution in [0.25, 0.3) is 11.0 Å². The van der Waals surface area contributed by atoms with Gasteiger partial charge in [-0.3, -0.25) is 14.5 Å². The van der Waals surface area contributed by atoms with E-state index in [1.165, 1.54) is 4.90 Å². The van der Waals surface area contributed by atoms with Crippen molar-refractivity contribution >= 4 is 61.8 Å².